The summed E-state index contributed by atoms with van der Waals surface area (Å²) in [5, 5.41) is 13.4. The highest BCUT2D eigenvalue weighted by Gasteiger charge is 2.34. The van der Waals surface area contributed by atoms with Gasteiger partial charge in [0.05, 0.1) is 12.3 Å². The van der Waals surface area contributed by atoms with Crippen LogP contribution in [0.15, 0.2) is 18.2 Å². The van der Waals surface area contributed by atoms with E-state index < -0.39 is 0 Å². The number of nitrogens with zero attached hydrogens (tertiary/aromatic N) is 1. The van der Waals surface area contributed by atoms with Crippen molar-refractivity contribution in [3.8, 4) is 0 Å². The number of rotatable bonds is 2. The molecule has 22 heavy (non-hydrogen) atoms. The third-order valence-corrected chi connectivity index (χ3v) is 4.93. The number of nitrogens with one attached hydrogen (secondary N) is 4. The molecule has 4 N–H and O–H groups in total. The molecule has 3 unspecified atom stereocenters. The van der Waals surface area contributed by atoms with E-state index in [2.05, 4.69) is 51.3 Å². The van der Waals surface area contributed by atoms with Gasteiger partial charge in [-0.15, -0.1) is 0 Å². The Hall–Kier alpha value is -1.63. The Morgan fingerprint density at radius 3 is 3.14 bits per heavy atom. The number of fused-ring (bicyclic) bond motifs is 2. The smallest absolute Gasteiger partial charge is 0.244 e. The molecule has 3 aliphatic heterocycles. The summed E-state index contributed by atoms with van der Waals surface area (Å²) in [6, 6.07) is 6.07. The first kappa shape index (κ1) is 14.0. The van der Waals surface area contributed by atoms with Crippen molar-refractivity contribution < 1.29 is 4.79 Å². The lowest BCUT2D eigenvalue weighted by atomic mass is 10.1. The maximum absolute atomic E-state index is 12.5. The molecular weight excluding hydrogens is 278 g/mol. The van der Waals surface area contributed by atoms with Gasteiger partial charge in [0.15, 0.2) is 0 Å². The van der Waals surface area contributed by atoms with Crippen molar-refractivity contribution in [3.63, 3.8) is 0 Å². The highest BCUT2D eigenvalue weighted by atomic mass is 16.2. The van der Waals surface area contributed by atoms with Crippen LogP contribution < -0.4 is 21.3 Å². The standard InChI is InChI=1S/C16H23N5O/c1-10-3-2-4-11-7-12(19-15(10)11)16(22)20-13-9-21-6-5-17-14(21)8-18-13/h2-4,12-14,17-19H,5-9H2,1H3,(H,20,22). The summed E-state index contributed by atoms with van der Waals surface area (Å²) in [5.41, 5.74) is 3.57. The predicted molar refractivity (Wildman–Crippen MR) is 85.6 cm³/mol. The molecule has 3 aliphatic rings. The molecule has 2 saturated heterocycles. The van der Waals surface area contributed by atoms with Crippen LogP contribution in [0.1, 0.15) is 11.1 Å². The molecule has 0 saturated carbocycles. The molecule has 3 atom stereocenters. The number of benzene rings is 1. The van der Waals surface area contributed by atoms with E-state index in [1.807, 2.05) is 0 Å². The monoisotopic (exact) mass is 301 g/mol. The largest absolute Gasteiger partial charge is 0.373 e. The van der Waals surface area contributed by atoms with E-state index in [1.54, 1.807) is 0 Å². The van der Waals surface area contributed by atoms with Crippen LogP contribution in [0.4, 0.5) is 5.69 Å². The van der Waals surface area contributed by atoms with Crippen LogP contribution >= 0.6 is 0 Å². The van der Waals surface area contributed by atoms with Crippen molar-refractivity contribution >= 4 is 11.6 Å². The van der Waals surface area contributed by atoms with Crippen LogP contribution in [0.2, 0.25) is 0 Å². The minimum absolute atomic E-state index is 0.0373. The molecule has 1 aromatic rings. The molecule has 2 fully saturated rings. The maximum atomic E-state index is 12.5. The number of carbonyl (C=O) groups excluding carboxylic acids is 1. The Morgan fingerprint density at radius 1 is 1.36 bits per heavy atom. The second-order valence-corrected chi connectivity index (χ2v) is 6.44. The quantitative estimate of drug-likeness (QED) is 0.599. The Kier molecular flexibility index (Phi) is 3.52. The SMILES string of the molecule is Cc1cccc2c1NC(C(=O)NC1CN3CCNC3CN1)C2. The van der Waals surface area contributed by atoms with Gasteiger partial charge in [0.1, 0.15) is 6.04 Å². The van der Waals surface area contributed by atoms with Crippen molar-refractivity contribution in [3.05, 3.63) is 29.3 Å². The first-order chi connectivity index (χ1) is 10.7. The summed E-state index contributed by atoms with van der Waals surface area (Å²) in [7, 11) is 0. The van der Waals surface area contributed by atoms with E-state index >= 15 is 0 Å². The van der Waals surface area contributed by atoms with Gasteiger partial charge in [-0.1, -0.05) is 18.2 Å². The van der Waals surface area contributed by atoms with Crippen molar-refractivity contribution in [2.75, 3.05) is 31.5 Å². The van der Waals surface area contributed by atoms with Crippen LogP contribution in [0.25, 0.3) is 0 Å². The molecule has 1 amide bonds. The van der Waals surface area contributed by atoms with E-state index in [0.717, 1.165) is 38.3 Å². The number of aryl methyl sites for hydroxylation is 1. The summed E-state index contributed by atoms with van der Waals surface area (Å²) in [6.07, 6.45) is 1.23. The lowest BCUT2D eigenvalue weighted by molar-refractivity contribution is -0.123. The van der Waals surface area contributed by atoms with Crippen molar-refractivity contribution in [2.45, 2.75) is 31.7 Å². The van der Waals surface area contributed by atoms with Crippen LogP contribution in [0.3, 0.4) is 0 Å². The topological polar surface area (TPSA) is 68.4 Å². The van der Waals surface area contributed by atoms with Gasteiger partial charge in [0.2, 0.25) is 5.91 Å². The van der Waals surface area contributed by atoms with Gasteiger partial charge in [-0.2, -0.15) is 0 Å². The zero-order chi connectivity index (χ0) is 15.1. The van der Waals surface area contributed by atoms with Crippen LogP contribution in [-0.2, 0) is 11.2 Å². The van der Waals surface area contributed by atoms with E-state index in [-0.39, 0.29) is 18.1 Å². The van der Waals surface area contributed by atoms with Gasteiger partial charge in [0, 0.05) is 38.3 Å². The number of hydrogen-bond acceptors (Lipinski definition) is 5. The highest BCUT2D eigenvalue weighted by molar-refractivity contribution is 5.88. The Morgan fingerprint density at radius 2 is 2.27 bits per heavy atom. The van der Waals surface area contributed by atoms with Crippen LogP contribution in [-0.4, -0.2) is 55.4 Å². The summed E-state index contributed by atoms with van der Waals surface area (Å²) in [6.45, 7) is 5.91. The molecule has 0 bridgehead atoms. The van der Waals surface area contributed by atoms with Crippen molar-refractivity contribution in [1.29, 1.82) is 0 Å². The zero-order valence-electron chi connectivity index (χ0n) is 12.9. The van der Waals surface area contributed by atoms with Gasteiger partial charge in [0.25, 0.3) is 0 Å². The second kappa shape index (κ2) is 5.53. The van der Waals surface area contributed by atoms with E-state index in [9.17, 15) is 4.79 Å². The molecule has 0 aliphatic carbocycles. The minimum atomic E-state index is -0.160. The average molecular weight is 301 g/mol. The van der Waals surface area contributed by atoms with E-state index in [0.29, 0.717) is 6.17 Å². The summed E-state index contributed by atoms with van der Waals surface area (Å²) < 4.78 is 0. The molecule has 0 aromatic heterocycles. The van der Waals surface area contributed by atoms with Gasteiger partial charge < -0.3 is 10.6 Å². The highest BCUT2D eigenvalue weighted by Crippen LogP contribution is 2.29. The Balaban J connectivity index is 1.37. The fraction of sp³-hybridized carbons (Fsp3) is 0.562. The maximum Gasteiger partial charge on any atom is 0.244 e. The normalized spacial score (nSPS) is 30.5. The van der Waals surface area contributed by atoms with Crippen LogP contribution in [0.5, 0.6) is 0 Å². The van der Waals surface area contributed by atoms with Gasteiger partial charge in [-0.05, 0) is 18.1 Å². The Bertz CT molecular complexity index is 590. The lowest BCUT2D eigenvalue weighted by Gasteiger charge is -2.36. The first-order valence-electron chi connectivity index (χ1n) is 8.07. The number of para-hydroxylation sites is 1. The zero-order valence-corrected chi connectivity index (χ0v) is 12.9. The Labute approximate surface area is 130 Å². The predicted octanol–water partition coefficient (Wildman–Crippen LogP) is -0.392. The van der Waals surface area contributed by atoms with Gasteiger partial charge in [-0.25, -0.2) is 0 Å². The number of carbonyl (C=O) groups is 1. The number of amides is 1. The third kappa shape index (κ3) is 2.47. The molecule has 6 heteroatoms. The van der Waals surface area contributed by atoms with E-state index in [1.165, 1.54) is 11.1 Å². The molecule has 6 nitrogen and oxygen atoms in total. The summed E-state index contributed by atoms with van der Waals surface area (Å²) >= 11 is 0. The number of anilines is 1. The molecule has 4 rings (SSSR count). The summed E-state index contributed by atoms with van der Waals surface area (Å²) in [5.74, 6) is 0.0821. The molecule has 0 spiro atoms. The fourth-order valence-electron chi connectivity index (χ4n) is 3.71. The van der Waals surface area contributed by atoms with E-state index in [4.69, 9.17) is 0 Å². The molecule has 118 valence electrons. The lowest BCUT2D eigenvalue weighted by Crippen LogP contribution is -2.63. The fourth-order valence-corrected chi connectivity index (χ4v) is 3.71. The molecule has 1 aromatic carbocycles. The van der Waals surface area contributed by atoms with Gasteiger partial charge >= 0.3 is 0 Å². The van der Waals surface area contributed by atoms with Gasteiger partial charge in [-0.3, -0.25) is 20.3 Å². The molecular formula is C16H23N5O. The van der Waals surface area contributed by atoms with Crippen LogP contribution in [0, 0.1) is 6.92 Å². The average Bonchev–Trinajstić information content (AvgIpc) is 3.13. The first-order valence-corrected chi connectivity index (χ1v) is 8.07. The van der Waals surface area contributed by atoms with Crippen molar-refractivity contribution in [2.24, 2.45) is 0 Å². The molecule has 0 radical (unpaired) electrons. The second-order valence-electron chi connectivity index (χ2n) is 6.44. The summed E-state index contributed by atoms with van der Waals surface area (Å²) in [4.78, 5) is 14.9. The van der Waals surface area contributed by atoms with Crippen molar-refractivity contribution in [1.82, 2.24) is 20.9 Å². The molecule has 3 heterocycles. The third-order valence-electron chi connectivity index (χ3n) is 4.93. The minimum Gasteiger partial charge on any atom is -0.373 e. The number of piperazine rings is 1. The number of hydrogen-bond donors (Lipinski definition) is 4.